The number of aromatic nitrogens is 2. The Labute approximate surface area is 132 Å². The van der Waals surface area contributed by atoms with Gasteiger partial charge in [0.1, 0.15) is 12.4 Å². The number of likely N-dealkylation sites (N-methyl/N-ethyl adjacent to an activating group) is 1. The van der Waals surface area contributed by atoms with Crippen molar-refractivity contribution in [3.8, 4) is 5.75 Å². The van der Waals surface area contributed by atoms with Crippen LogP contribution in [0.15, 0.2) is 23.1 Å². The van der Waals surface area contributed by atoms with Crippen LogP contribution in [0.3, 0.4) is 0 Å². The summed E-state index contributed by atoms with van der Waals surface area (Å²) in [5.74, 6) is 0.779. The van der Waals surface area contributed by atoms with E-state index in [2.05, 4.69) is 14.7 Å². The number of nitrogens with one attached hydrogen (secondary N) is 1. The van der Waals surface area contributed by atoms with Gasteiger partial charge in [0.25, 0.3) is 0 Å². The molecule has 0 saturated carbocycles. The predicted molar refractivity (Wildman–Crippen MR) is 87.9 cm³/mol. The highest BCUT2D eigenvalue weighted by Crippen LogP contribution is 2.32. The second-order valence-electron chi connectivity index (χ2n) is 5.44. The van der Waals surface area contributed by atoms with Crippen molar-refractivity contribution in [1.82, 2.24) is 9.78 Å². The molecule has 6 nitrogen and oxygen atoms in total. The monoisotopic (exact) mass is 320 g/mol. The zero-order valence-electron chi connectivity index (χ0n) is 13.2. The van der Waals surface area contributed by atoms with Gasteiger partial charge in [0, 0.05) is 20.2 Å². The first-order valence-corrected chi connectivity index (χ1v) is 8.29. The highest BCUT2D eigenvalue weighted by atomic mass is 32.2. The van der Waals surface area contributed by atoms with Crippen LogP contribution >= 0.6 is 0 Å². The second-order valence-corrected chi connectivity index (χ2v) is 6.65. The van der Waals surface area contributed by atoms with Crippen LogP contribution in [0, 0.1) is 13.8 Å². The molecule has 0 spiro atoms. The van der Waals surface area contributed by atoms with E-state index in [1.807, 2.05) is 46.1 Å². The van der Waals surface area contributed by atoms with Crippen molar-refractivity contribution in [3.05, 3.63) is 29.6 Å². The van der Waals surface area contributed by atoms with Gasteiger partial charge < -0.3 is 9.64 Å². The summed E-state index contributed by atoms with van der Waals surface area (Å²) in [4.78, 5) is 2.82. The van der Waals surface area contributed by atoms with Gasteiger partial charge in [-0.05, 0) is 26.0 Å². The number of fused-ring (bicyclic) bond motifs is 1. The van der Waals surface area contributed by atoms with E-state index >= 15 is 0 Å². The molecule has 0 fully saturated rings. The third-order valence-electron chi connectivity index (χ3n) is 3.94. The van der Waals surface area contributed by atoms with E-state index in [0.29, 0.717) is 11.5 Å². The number of hydrogen-bond acceptors (Lipinski definition) is 4. The van der Waals surface area contributed by atoms with Gasteiger partial charge in [-0.15, -0.1) is 0 Å². The molecule has 0 saturated heterocycles. The maximum atomic E-state index is 12.6. The Bertz CT molecular complexity index is 741. The molecule has 0 radical (unpaired) electrons. The average Bonchev–Trinajstić information content (AvgIpc) is 2.73. The molecular formula is C15H20N4O2S. The molecule has 1 unspecified atom stereocenters. The molecule has 0 bridgehead atoms. The fraction of sp³-hybridized carbons (Fsp3) is 0.400. The van der Waals surface area contributed by atoms with Crippen LogP contribution in [-0.2, 0) is 18.0 Å². The summed E-state index contributed by atoms with van der Waals surface area (Å²) in [5, 5.41) is 4.33. The van der Waals surface area contributed by atoms with Crippen molar-refractivity contribution in [2.45, 2.75) is 18.7 Å². The van der Waals surface area contributed by atoms with Crippen molar-refractivity contribution >= 4 is 22.4 Å². The largest absolute Gasteiger partial charge is 0.490 e. The van der Waals surface area contributed by atoms with Gasteiger partial charge in [0.2, 0.25) is 0 Å². The summed E-state index contributed by atoms with van der Waals surface area (Å²) in [6.45, 7) is 5.36. The molecule has 0 aliphatic carbocycles. The molecule has 22 heavy (non-hydrogen) atoms. The van der Waals surface area contributed by atoms with E-state index in [1.165, 1.54) is 0 Å². The van der Waals surface area contributed by atoms with Gasteiger partial charge in [-0.3, -0.25) is 9.40 Å². The van der Waals surface area contributed by atoms with Crippen molar-refractivity contribution in [1.29, 1.82) is 0 Å². The van der Waals surface area contributed by atoms with E-state index in [-0.39, 0.29) is 0 Å². The van der Waals surface area contributed by atoms with E-state index in [4.69, 9.17) is 4.74 Å². The molecule has 2 heterocycles. The van der Waals surface area contributed by atoms with Crippen LogP contribution in [0.1, 0.15) is 11.4 Å². The third-order valence-corrected chi connectivity index (χ3v) is 5.02. The standard InChI is InChI=1S/C15H20N4O2S/c1-10-15(11(2)19(4)16-10)17-22(20)12-5-6-13-14(9-12)21-8-7-18(13)3/h5-6,9,17H,7-8H2,1-4H3. The van der Waals surface area contributed by atoms with Gasteiger partial charge >= 0.3 is 0 Å². The predicted octanol–water partition coefficient (Wildman–Crippen LogP) is 2.00. The molecule has 1 aliphatic rings. The Balaban J connectivity index is 1.87. The summed E-state index contributed by atoms with van der Waals surface area (Å²) in [6.07, 6.45) is 0. The third kappa shape index (κ3) is 2.56. The van der Waals surface area contributed by atoms with E-state index in [0.717, 1.165) is 35.1 Å². The first-order valence-electron chi connectivity index (χ1n) is 7.14. The quantitative estimate of drug-likeness (QED) is 0.940. The molecule has 7 heteroatoms. The first kappa shape index (κ1) is 14.9. The maximum Gasteiger partial charge on any atom is 0.150 e. The normalized spacial score (nSPS) is 15.2. The number of hydrogen-bond donors (Lipinski definition) is 1. The number of anilines is 2. The Morgan fingerprint density at radius 1 is 1.32 bits per heavy atom. The molecule has 118 valence electrons. The van der Waals surface area contributed by atoms with Crippen LogP contribution in [0.5, 0.6) is 5.75 Å². The lowest BCUT2D eigenvalue weighted by atomic mass is 10.2. The number of aryl methyl sites for hydroxylation is 2. The van der Waals surface area contributed by atoms with E-state index in [1.54, 1.807) is 4.68 Å². The number of nitrogens with zero attached hydrogens (tertiary/aromatic N) is 3. The molecule has 1 atom stereocenters. The lowest BCUT2D eigenvalue weighted by molar-refractivity contribution is 0.310. The average molecular weight is 320 g/mol. The maximum absolute atomic E-state index is 12.6. The fourth-order valence-electron chi connectivity index (χ4n) is 2.53. The molecule has 0 amide bonds. The minimum absolute atomic E-state index is 0.647. The molecule has 2 aromatic rings. The Kier molecular flexibility index (Phi) is 3.82. The van der Waals surface area contributed by atoms with Gasteiger partial charge in [0.05, 0.1) is 34.2 Å². The smallest absolute Gasteiger partial charge is 0.150 e. The lowest BCUT2D eigenvalue weighted by Gasteiger charge is -2.27. The molecule has 1 N–H and O–H groups in total. The van der Waals surface area contributed by atoms with Crippen molar-refractivity contribution in [3.63, 3.8) is 0 Å². The van der Waals surface area contributed by atoms with Crippen LogP contribution in [0.25, 0.3) is 0 Å². The summed E-state index contributed by atoms with van der Waals surface area (Å²) >= 11 is 0. The van der Waals surface area contributed by atoms with E-state index < -0.39 is 11.0 Å². The Morgan fingerprint density at radius 2 is 2.09 bits per heavy atom. The molecule has 1 aromatic heterocycles. The van der Waals surface area contributed by atoms with Crippen LogP contribution in [0.2, 0.25) is 0 Å². The van der Waals surface area contributed by atoms with Crippen molar-refractivity contribution < 1.29 is 8.95 Å². The zero-order chi connectivity index (χ0) is 15.9. The summed E-state index contributed by atoms with van der Waals surface area (Å²) in [5.41, 5.74) is 3.64. The van der Waals surface area contributed by atoms with Gasteiger partial charge in [-0.1, -0.05) is 0 Å². The van der Waals surface area contributed by atoms with Crippen molar-refractivity contribution in [2.24, 2.45) is 7.05 Å². The fourth-order valence-corrected chi connectivity index (χ4v) is 3.53. The first-order chi connectivity index (χ1) is 10.5. The minimum Gasteiger partial charge on any atom is -0.490 e. The second kappa shape index (κ2) is 5.64. The highest BCUT2D eigenvalue weighted by molar-refractivity contribution is 7.86. The molecule has 1 aliphatic heterocycles. The summed E-state index contributed by atoms with van der Waals surface area (Å²) < 4.78 is 23.1. The molecule has 3 rings (SSSR count). The van der Waals surface area contributed by atoms with Gasteiger partial charge in [-0.25, -0.2) is 4.21 Å². The van der Waals surface area contributed by atoms with Crippen LogP contribution in [0.4, 0.5) is 11.4 Å². The topological polar surface area (TPSA) is 59.4 Å². The highest BCUT2D eigenvalue weighted by Gasteiger charge is 2.18. The van der Waals surface area contributed by atoms with E-state index in [9.17, 15) is 4.21 Å². The molecule has 1 aromatic carbocycles. The minimum atomic E-state index is -1.35. The number of benzene rings is 1. The lowest BCUT2D eigenvalue weighted by Crippen LogP contribution is -2.28. The molecular weight excluding hydrogens is 300 g/mol. The van der Waals surface area contributed by atoms with Crippen molar-refractivity contribution in [2.75, 3.05) is 29.8 Å². The van der Waals surface area contributed by atoms with Crippen LogP contribution < -0.4 is 14.4 Å². The van der Waals surface area contributed by atoms with Gasteiger partial charge in [-0.2, -0.15) is 5.10 Å². The summed E-state index contributed by atoms with van der Waals surface area (Å²) in [6, 6.07) is 5.66. The number of ether oxygens (including phenoxy) is 1. The zero-order valence-corrected chi connectivity index (χ0v) is 14.0. The Morgan fingerprint density at radius 3 is 2.77 bits per heavy atom. The summed E-state index contributed by atoms with van der Waals surface area (Å²) in [7, 11) is 2.55. The van der Waals surface area contributed by atoms with Gasteiger partial charge in [0.15, 0.2) is 11.0 Å². The van der Waals surface area contributed by atoms with Crippen LogP contribution in [-0.4, -0.2) is 34.2 Å². The number of rotatable bonds is 3. The Hall–Kier alpha value is -2.02. The SMILES string of the molecule is Cc1nn(C)c(C)c1NS(=O)c1ccc2c(c1)OCCN2C.